The van der Waals surface area contributed by atoms with Crippen LogP contribution in [-0.2, 0) is 9.63 Å². The fraction of sp³-hybridized carbons (Fsp3) is 0.143. The SMILES string of the molecule is CC(=O)ONC(=O)c1sccc1O. The summed E-state index contributed by atoms with van der Waals surface area (Å²) in [6.07, 6.45) is 0. The number of carbonyl (C=O) groups is 2. The van der Waals surface area contributed by atoms with Crippen LogP contribution in [0, 0.1) is 0 Å². The Kier molecular flexibility index (Phi) is 2.86. The standard InChI is InChI=1S/C7H7NO4S/c1-4(9)12-8-7(11)6-5(10)2-3-13-6/h2-3,10H,1H3,(H,8,11). The Labute approximate surface area is 77.9 Å². The maximum atomic E-state index is 11.1. The average Bonchev–Trinajstić information content (AvgIpc) is 2.47. The van der Waals surface area contributed by atoms with Crippen LogP contribution in [0.3, 0.4) is 0 Å². The molecule has 1 aromatic heterocycles. The van der Waals surface area contributed by atoms with Crippen molar-refractivity contribution in [3.05, 3.63) is 16.3 Å². The molecule has 0 atom stereocenters. The third kappa shape index (κ3) is 2.45. The summed E-state index contributed by atoms with van der Waals surface area (Å²) >= 11 is 1.06. The van der Waals surface area contributed by atoms with Gasteiger partial charge in [-0.1, -0.05) is 0 Å². The van der Waals surface area contributed by atoms with E-state index in [2.05, 4.69) is 4.84 Å². The summed E-state index contributed by atoms with van der Waals surface area (Å²) in [5.41, 5.74) is 1.89. The number of hydroxylamine groups is 1. The number of hydrogen-bond acceptors (Lipinski definition) is 5. The first-order chi connectivity index (χ1) is 6.11. The van der Waals surface area contributed by atoms with E-state index in [1.165, 1.54) is 6.07 Å². The Hall–Kier alpha value is -1.56. The van der Waals surface area contributed by atoms with Crippen LogP contribution in [0.4, 0.5) is 0 Å². The van der Waals surface area contributed by atoms with Gasteiger partial charge in [0.1, 0.15) is 10.6 Å². The van der Waals surface area contributed by atoms with Crippen LogP contribution in [-0.4, -0.2) is 17.0 Å². The van der Waals surface area contributed by atoms with Crippen molar-refractivity contribution in [2.24, 2.45) is 0 Å². The van der Waals surface area contributed by atoms with Crippen molar-refractivity contribution in [3.63, 3.8) is 0 Å². The minimum absolute atomic E-state index is 0.112. The van der Waals surface area contributed by atoms with Gasteiger partial charge in [-0.15, -0.1) is 11.3 Å². The van der Waals surface area contributed by atoms with Gasteiger partial charge in [0.25, 0.3) is 5.91 Å². The van der Waals surface area contributed by atoms with Crippen molar-refractivity contribution in [1.29, 1.82) is 0 Å². The van der Waals surface area contributed by atoms with Gasteiger partial charge in [0, 0.05) is 6.92 Å². The van der Waals surface area contributed by atoms with Crippen LogP contribution < -0.4 is 5.48 Å². The van der Waals surface area contributed by atoms with Crippen LogP contribution in [0.2, 0.25) is 0 Å². The third-order valence-electron chi connectivity index (χ3n) is 1.14. The predicted octanol–water partition coefficient (Wildman–Crippen LogP) is 0.662. The first-order valence-electron chi connectivity index (χ1n) is 3.35. The Morgan fingerprint density at radius 1 is 1.62 bits per heavy atom. The maximum absolute atomic E-state index is 11.1. The van der Waals surface area contributed by atoms with Crippen molar-refractivity contribution in [2.45, 2.75) is 6.92 Å². The highest BCUT2D eigenvalue weighted by Gasteiger charge is 2.12. The van der Waals surface area contributed by atoms with Gasteiger partial charge < -0.3 is 9.94 Å². The van der Waals surface area contributed by atoms with E-state index >= 15 is 0 Å². The second-order valence-electron chi connectivity index (χ2n) is 2.16. The second-order valence-corrected chi connectivity index (χ2v) is 3.08. The van der Waals surface area contributed by atoms with Crippen molar-refractivity contribution >= 4 is 23.2 Å². The Morgan fingerprint density at radius 3 is 2.77 bits per heavy atom. The average molecular weight is 201 g/mol. The zero-order valence-corrected chi connectivity index (χ0v) is 7.55. The van der Waals surface area contributed by atoms with Gasteiger partial charge in [-0.05, 0) is 11.4 Å². The number of carbonyl (C=O) groups excluding carboxylic acids is 2. The molecule has 0 radical (unpaired) electrons. The molecule has 0 aliphatic carbocycles. The molecule has 0 aliphatic rings. The summed E-state index contributed by atoms with van der Waals surface area (Å²) in [5, 5.41) is 10.6. The van der Waals surface area contributed by atoms with Crippen molar-refractivity contribution in [3.8, 4) is 5.75 Å². The van der Waals surface area contributed by atoms with E-state index in [0.29, 0.717) is 0 Å². The molecule has 0 saturated heterocycles. The summed E-state index contributed by atoms with van der Waals surface area (Å²) in [6, 6.07) is 1.38. The van der Waals surface area contributed by atoms with E-state index in [9.17, 15) is 9.59 Å². The molecule has 0 fully saturated rings. The third-order valence-corrected chi connectivity index (χ3v) is 2.04. The largest absolute Gasteiger partial charge is 0.506 e. The van der Waals surface area contributed by atoms with Crippen LogP contribution in [0.5, 0.6) is 5.75 Å². The van der Waals surface area contributed by atoms with E-state index in [-0.39, 0.29) is 10.6 Å². The Bertz CT molecular complexity index is 333. The molecular weight excluding hydrogens is 194 g/mol. The van der Waals surface area contributed by atoms with Gasteiger partial charge in [-0.25, -0.2) is 0 Å². The minimum Gasteiger partial charge on any atom is -0.506 e. The number of rotatable bonds is 1. The fourth-order valence-corrected chi connectivity index (χ4v) is 1.31. The predicted molar refractivity (Wildman–Crippen MR) is 45.2 cm³/mol. The van der Waals surface area contributed by atoms with Crippen LogP contribution in [0.25, 0.3) is 0 Å². The molecule has 13 heavy (non-hydrogen) atoms. The lowest BCUT2D eigenvalue weighted by atomic mass is 10.4. The van der Waals surface area contributed by atoms with Crippen molar-refractivity contribution in [1.82, 2.24) is 5.48 Å². The first kappa shape index (κ1) is 9.53. The summed E-state index contributed by atoms with van der Waals surface area (Å²) in [7, 11) is 0. The molecule has 2 N–H and O–H groups in total. The van der Waals surface area contributed by atoms with E-state index in [1.54, 1.807) is 5.38 Å². The summed E-state index contributed by atoms with van der Waals surface area (Å²) in [5.74, 6) is -1.39. The highest BCUT2D eigenvalue weighted by Crippen LogP contribution is 2.22. The monoisotopic (exact) mass is 201 g/mol. The number of nitrogens with one attached hydrogen (secondary N) is 1. The first-order valence-corrected chi connectivity index (χ1v) is 4.23. The quantitative estimate of drug-likeness (QED) is 0.654. The molecule has 70 valence electrons. The smallest absolute Gasteiger partial charge is 0.329 e. The number of thiophene rings is 1. The zero-order valence-electron chi connectivity index (χ0n) is 6.73. The van der Waals surface area contributed by atoms with Crippen molar-refractivity contribution in [2.75, 3.05) is 0 Å². The molecule has 0 bridgehead atoms. The maximum Gasteiger partial charge on any atom is 0.329 e. The summed E-state index contributed by atoms with van der Waals surface area (Å²) in [6.45, 7) is 1.16. The summed E-state index contributed by atoms with van der Waals surface area (Å²) < 4.78 is 0. The second kappa shape index (κ2) is 3.90. The van der Waals surface area contributed by atoms with Gasteiger partial charge in [-0.3, -0.25) is 9.59 Å². The van der Waals surface area contributed by atoms with Gasteiger partial charge >= 0.3 is 5.97 Å². The number of hydrogen-bond donors (Lipinski definition) is 2. The molecule has 0 aliphatic heterocycles. The Morgan fingerprint density at radius 2 is 2.31 bits per heavy atom. The molecule has 0 spiro atoms. The molecule has 0 unspecified atom stereocenters. The molecule has 1 aromatic rings. The lowest BCUT2D eigenvalue weighted by Crippen LogP contribution is -2.25. The minimum atomic E-state index is -0.636. The van der Waals surface area contributed by atoms with E-state index in [0.717, 1.165) is 18.3 Å². The van der Waals surface area contributed by atoms with Gasteiger partial charge in [0.2, 0.25) is 0 Å². The van der Waals surface area contributed by atoms with E-state index in [1.807, 2.05) is 5.48 Å². The van der Waals surface area contributed by atoms with E-state index < -0.39 is 11.9 Å². The van der Waals surface area contributed by atoms with E-state index in [4.69, 9.17) is 5.11 Å². The highest BCUT2D eigenvalue weighted by molar-refractivity contribution is 7.12. The van der Waals surface area contributed by atoms with Gasteiger partial charge in [-0.2, -0.15) is 5.48 Å². The van der Waals surface area contributed by atoms with Gasteiger partial charge in [0.05, 0.1) is 0 Å². The topological polar surface area (TPSA) is 75.6 Å². The normalized spacial score (nSPS) is 9.31. The molecule has 1 rings (SSSR count). The number of aromatic hydroxyl groups is 1. The van der Waals surface area contributed by atoms with Crippen LogP contribution in [0.1, 0.15) is 16.6 Å². The molecule has 1 heterocycles. The lowest BCUT2D eigenvalue weighted by molar-refractivity contribution is -0.146. The van der Waals surface area contributed by atoms with Crippen LogP contribution >= 0.6 is 11.3 Å². The zero-order chi connectivity index (χ0) is 9.84. The molecule has 6 heteroatoms. The Balaban J connectivity index is 2.59. The fourth-order valence-electron chi connectivity index (χ4n) is 0.637. The molecule has 0 saturated carbocycles. The van der Waals surface area contributed by atoms with Crippen molar-refractivity contribution < 1.29 is 19.5 Å². The van der Waals surface area contributed by atoms with Crippen LogP contribution in [0.15, 0.2) is 11.4 Å². The molecule has 0 aromatic carbocycles. The van der Waals surface area contributed by atoms with Gasteiger partial charge in [0.15, 0.2) is 0 Å². The molecule has 1 amide bonds. The highest BCUT2D eigenvalue weighted by atomic mass is 32.1. The molecule has 5 nitrogen and oxygen atoms in total. The summed E-state index contributed by atoms with van der Waals surface area (Å²) in [4.78, 5) is 25.8. The number of amides is 1. The molecular formula is C7H7NO4S. The lowest BCUT2D eigenvalue weighted by Gasteiger charge is -2.00.